The Hall–Kier alpha value is -1.55. The SMILES string of the molecule is CC[C@](N)(C(=O)O)c1ccc(OC)cc1. The third kappa shape index (κ3) is 2.10. The second kappa shape index (κ2) is 4.31. The molecule has 3 N–H and O–H groups in total. The lowest BCUT2D eigenvalue weighted by molar-refractivity contribution is -0.143. The minimum Gasteiger partial charge on any atom is -0.497 e. The van der Waals surface area contributed by atoms with Crippen molar-refractivity contribution in [3.8, 4) is 5.75 Å². The quantitative estimate of drug-likeness (QED) is 0.785. The zero-order valence-electron chi connectivity index (χ0n) is 8.86. The van der Waals surface area contributed by atoms with Crippen LogP contribution in [0.2, 0.25) is 0 Å². The number of ether oxygens (including phenoxy) is 1. The number of carboxylic acids is 1. The highest BCUT2D eigenvalue weighted by Gasteiger charge is 2.33. The lowest BCUT2D eigenvalue weighted by atomic mass is 9.88. The molecule has 0 aliphatic carbocycles. The molecule has 0 aliphatic heterocycles. The van der Waals surface area contributed by atoms with E-state index in [1.165, 1.54) is 0 Å². The highest BCUT2D eigenvalue weighted by atomic mass is 16.5. The molecular formula is C11H15NO3. The summed E-state index contributed by atoms with van der Waals surface area (Å²) in [5, 5.41) is 9.06. The smallest absolute Gasteiger partial charge is 0.328 e. The largest absolute Gasteiger partial charge is 0.497 e. The van der Waals surface area contributed by atoms with Crippen LogP contribution in [0.4, 0.5) is 0 Å². The first-order valence-electron chi connectivity index (χ1n) is 4.71. The Labute approximate surface area is 88.7 Å². The van der Waals surface area contributed by atoms with Crippen LogP contribution in [0.15, 0.2) is 24.3 Å². The Balaban J connectivity index is 3.08. The van der Waals surface area contributed by atoms with Gasteiger partial charge >= 0.3 is 5.97 Å². The molecule has 0 bridgehead atoms. The van der Waals surface area contributed by atoms with E-state index in [0.717, 1.165) is 0 Å². The van der Waals surface area contributed by atoms with E-state index >= 15 is 0 Å². The maximum Gasteiger partial charge on any atom is 0.328 e. The fourth-order valence-corrected chi connectivity index (χ4v) is 1.37. The van der Waals surface area contributed by atoms with Gasteiger partial charge in [0.05, 0.1) is 7.11 Å². The Morgan fingerprint density at radius 3 is 2.33 bits per heavy atom. The predicted octanol–water partition coefficient (Wildman–Crippen LogP) is 1.34. The van der Waals surface area contributed by atoms with Crippen LogP contribution in [0.25, 0.3) is 0 Å². The number of carbonyl (C=O) groups is 1. The van der Waals surface area contributed by atoms with Crippen LogP contribution in [-0.4, -0.2) is 18.2 Å². The standard InChI is InChI=1S/C11H15NO3/c1-3-11(12,10(13)14)8-4-6-9(15-2)7-5-8/h4-7H,3,12H2,1-2H3,(H,13,14)/t11-/m1/s1. The molecule has 4 nitrogen and oxygen atoms in total. The lowest BCUT2D eigenvalue weighted by Crippen LogP contribution is -2.44. The number of hydrogen-bond donors (Lipinski definition) is 2. The van der Waals surface area contributed by atoms with E-state index in [1.54, 1.807) is 38.3 Å². The Kier molecular flexibility index (Phi) is 3.31. The van der Waals surface area contributed by atoms with E-state index in [-0.39, 0.29) is 0 Å². The molecule has 1 aromatic rings. The van der Waals surface area contributed by atoms with Gasteiger partial charge in [0.2, 0.25) is 0 Å². The minimum atomic E-state index is -1.31. The molecule has 1 rings (SSSR count). The van der Waals surface area contributed by atoms with Crippen LogP contribution < -0.4 is 10.5 Å². The molecule has 0 fully saturated rings. The zero-order chi connectivity index (χ0) is 11.5. The van der Waals surface area contributed by atoms with Gasteiger partial charge in [0.15, 0.2) is 0 Å². The molecule has 1 aromatic carbocycles. The highest BCUT2D eigenvalue weighted by Crippen LogP contribution is 2.24. The van der Waals surface area contributed by atoms with Gasteiger partial charge in [0, 0.05) is 0 Å². The molecule has 0 amide bonds. The summed E-state index contributed by atoms with van der Waals surface area (Å²) >= 11 is 0. The number of nitrogens with two attached hydrogens (primary N) is 1. The van der Waals surface area contributed by atoms with Gasteiger partial charge in [0.1, 0.15) is 11.3 Å². The first-order chi connectivity index (χ1) is 7.04. The van der Waals surface area contributed by atoms with Crippen molar-refractivity contribution in [1.29, 1.82) is 0 Å². The average Bonchev–Trinajstić information content (AvgIpc) is 2.28. The summed E-state index contributed by atoms with van der Waals surface area (Å²) in [6.07, 6.45) is 0.342. The van der Waals surface area contributed by atoms with Gasteiger partial charge in [-0.2, -0.15) is 0 Å². The van der Waals surface area contributed by atoms with Gasteiger partial charge in [-0.05, 0) is 24.1 Å². The molecule has 0 aliphatic rings. The Morgan fingerprint density at radius 2 is 2.00 bits per heavy atom. The summed E-state index contributed by atoms with van der Waals surface area (Å²) in [6.45, 7) is 1.75. The van der Waals surface area contributed by atoms with Crippen molar-refractivity contribution in [2.75, 3.05) is 7.11 Å². The van der Waals surface area contributed by atoms with Gasteiger partial charge in [-0.1, -0.05) is 19.1 Å². The van der Waals surface area contributed by atoms with Crippen LogP contribution in [0.5, 0.6) is 5.75 Å². The summed E-state index contributed by atoms with van der Waals surface area (Å²) in [6, 6.07) is 6.76. The van der Waals surface area contributed by atoms with Crippen molar-refractivity contribution in [3.05, 3.63) is 29.8 Å². The van der Waals surface area contributed by atoms with Gasteiger partial charge in [-0.15, -0.1) is 0 Å². The minimum absolute atomic E-state index is 0.342. The van der Waals surface area contributed by atoms with Crippen LogP contribution in [0, 0.1) is 0 Å². The number of hydrogen-bond acceptors (Lipinski definition) is 3. The molecule has 0 spiro atoms. The third-order valence-corrected chi connectivity index (χ3v) is 2.54. The summed E-state index contributed by atoms with van der Waals surface area (Å²) in [4.78, 5) is 11.1. The average molecular weight is 209 g/mol. The zero-order valence-corrected chi connectivity index (χ0v) is 8.86. The first kappa shape index (κ1) is 11.5. The van der Waals surface area contributed by atoms with Crippen molar-refractivity contribution in [2.24, 2.45) is 5.73 Å². The number of benzene rings is 1. The number of aliphatic carboxylic acids is 1. The molecule has 15 heavy (non-hydrogen) atoms. The fourth-order valence-electron chi connectivity index (χ4n) is 1.37. The van der Waals surface area contributed by atoms with Crippen molar-refractivity contribution >= 4 is 5.97 Å². The second-order valence-corrected chi connectivity index (χ2v) is 3.36. The van der Waals surface area contributed by atoms with Crippen LogP contribution in [0.3, 0.4) is 0 Å². The van der Waals surface area contributed by atoms with Gasteiger partial charge in [-0.25, -0.2) is 4.79 Å². The summed E-state index contributed by atoms with van der Waals surface area (Å²) in [5.41, 5.74) is 5.08. The molecule has 0 heterocycles. The Morgan fingerprint density at radius 1 is 1.47 bits per heavy atom. The lowest BCUT2D eigenvalue weighted by Gasteiger charge is -2.23. The van der Waals surface area contributed by atoms with Gasteiger partial charge in [0.25, 0.3) is 0 Å². The predicted molar refractivity (Wildman–Crippen MR) is 56.8 cm³/mol. The molecule has 0 radical (unpaired) electrons. The summed E-state index contributed by atoms with van der Waals surface area (Å²) in [5.74, 6) is -0.335. The van der Waals surface area contributed by atoms with Crippen molar-refractivity contribution < 1.29 is 14.6 Å². The maximum atomic E-state index is 11.1. The molecule has 0 aromatic heterocycles. The fraction of sp³-hybridized carbons (Fsp3) is 0.364. The van der Waals surface area contributed by atoms with E-state index in [9.17, 15) is 4.79 Å². The molecule has 1 atom stereocenters. The van der Waals surface area contributed by atoms with Crippen LogP contribution >= 0.6 is 0 Å². The topological polar surface area (TPSA) is 72.6 Å². The molecule has 0 unspecified atom stereocenters. The highest BCUT2D eigenvalue weighted by molar-refractivity contribution is 5.80. The van der Waals surface area contributed by atoms with Crippen molar-refractivity contribution in [1.82, 2.24) is 0 Å². The van der Waals surface area contributed by atoms with E-state index < -0.39 is 11.5 Å². The van der Waals surface area contributed by atoms with Crippen molar-refractivity contribution in [3.63, 3.8) is 0 Å². The molecule has 0 saturated carbocycles. The van der Waals surface area contributed by atoms with Crippen molar-refractivity contribution in [2.45, 2.75) is 18.9 Å². The molecule has 0 saturated heterocycles. The van der Waals surface area contributed by atoms with E-state index in [1.807, 2.05) is 0 Å². The van der Waals surface area contributed by atoms with Crippen LogP contribution in [0.1, 0.15) is 18.9 Å². The maximum absolute atomic E-state index is 11.1. The molecular weight excluding hydrogens is 194 g/mol. The summed E-state index contributed by atoms with van der Waals surface area (Å²) in [7, 11) is 1.56. The van der Waals surface area contributed by atoms with Gasteiger partial charge < -0.3 is 15.6 Å². The van der Waals surface area contributed by atoms with E-state index in [4.69, 9.17) is 15.6 Å². The number of carboxylic acid groups (broad SMARTS) is 1. The summed E-state index contributed by atoms with van der Waals surface area (Å²) < 4.78 is 4.99. The third-order valence-electron chi connectivity index (χ3n) is 2.54. The van der Waals surface area contributed by atoms with E-state index in [0.29, 0.717) is 17.7 Å². The number of rotatable bonds is 4. The normalized spacial score (nSPS) is 14.3. The monoisotopic (exact) mass is 209 g/mol. The van der Waals surface area contributed by atoms with E-state index in [2.05, 4.69) is 0 Å². The Bertz CT molecular complexity index is 347. The van der Waals surface area contributed by atoms with Gasteiger partial charge in [-0.3, -0.25) is 0 Å². The first-order valence-corrected chi connectivity index (χ1v) is 4.71. The molecule has 82 valence electrons. The number of methoxy groups -OCH3 is 1. The molecule has 4 heteroatoms. The second-order valence-electron chi connectivity index (χ2n) is 3.36. The van der Waals surface area contributed by atoms with Crippen LogP contribution in [-0.2, 0) is 10.3 Å².